The molecule has 5 rings (SSSR count). The van der Waals surface area contributed by atoms with Crippen molar-refractivity contribution in [3.63, 3.8) is 0 Å². The molecule has 2 fully saturated rings. The van der Waals surface area contributed by atoms with Gasteiger partial charge in [-0.3, -0.25) is 19.5 Å². The number of likely N-dealkylation sites (tertiary alicyclic amines) is 2. The van der Waals surface area contributed by atoms with Crippen molar-refractivity contribution in [3.05, 3.63) is 59.4 Å². The van der Waals surface area contributed by atoms with E-state index in [0.29, 0.717) is 25.6 Å². The van der Waals surface area contributed by atoms with Gasteiger partial charge in [-0.15, -0.1) is 0 Å². The Kier molecular flexibility index (Phi) is 8.62. The Morgan fingerprint density at radius 1 is 1.08 bits per heavy atom. The molecule has 0 aliphatic carbocycles. The van der Waals surface area contributed by atoms with Crippen molar-refractivity contribution in [2.24, 2.45) is 5.41 Å². The lowest BCUT2D eigenvalue weighted by Gasteiger charge is -2.41. The average Bonchev–Trinajstić information content (AvgIpc) is 2.95. The molecule has 38 heavy (non-hydrogen) atoms. The predicted molar refractivity (Wildman–Crippen MR) is 148 cm³/mol. The van der Waals surface area contributed by atoms with Crippen molar-refractivity contribution in [3.8, 4) is 5.75 Å². The number of benzene rings is 1. The van der Waals surface area contributed by atoms with Crippen LogP contribution in [0.3, 0.4) is 0 Å². The van der Waals surface area contributed by atoms with E-state index in [0.717, 1.165) is 94.6 Å². The van der Waals surface area contributed by atoms with Gasteiger partial charge in [-0.25, -0.2) is 0 Å². The quantitative estimate of drug-likeness (QED) is 0.662. The maximum Gasteiger partial charge on any atom is 0.236 e. The highest BCUT2D eigenvalue weighted by atomic mass is 16.5. The van der Waals surface area contributed by atoms with E-state index >= 15 is 0 Å². The lowest BCUT2D eigenvalue weighted by molar-refractivity contribution is -0.137. The second-order valence-corrected chi connectivity index (χ2v) is 11.4. The summed E-state index contributed by atoms with van der Waals surface area (Å²) in [6, 6.07) is 12.4. The molecule has 2 aromatic rings. The van der Waals surface area contributed by atoms with Crippen LogP contribution < -0.4 is 10.1 Å². The summed E-state index contributed by atoms with van der Waals surface area (Å²) in [6.07, 6.45) is 9.57. The Morgan fingerprint density at radius 3 is 2.74 bits per heavy atom. The number of hydrogen-bond acceptors (Lipinski definition) is 5. The summed E-state index contributed by atoms with van der Waals surface area (Å²) in [5, 5.41) is 3.16. The Hall–Kier alpha value is -2.93. The Morgan fingerprint density at radius 2 is 1.92 bits per heavy atom. The fourth-order valence-corrected chi connectivity index (χ4v) is 6.33. The zero-order chi connectivity index (χ0) is 26.4. The highest BCUT2D eigenvalue weighted by Crippen LogP contribution is 2.38. The standard InChI is InChI=1S/C31H42N4O3/c1-24-11-12-27(33-21-24)26-9-6-17-35(22-26)29(36)23-34-18-14-31(15-19-34)13-5-4-8-25-7-2-3-10-28(25)38-20-16-32-30(31)37/h2-3,7,10-12,21,26H,4-6,8-9,13-20,22-23H2,1H3,(H,32,37). The molecule has 2 amide bonds. The van der Waals surface area contributed by atoms with Crippen molar-refractivity contribution in [1.29, 1.82) is 0 Å². The molecule has 7 heteroatoms. The number of aromatic nitrogens is 1. The minimum atomic E-state index is -0.342. The van der Waals surface area contributed by atoms with Crippen LogP contribution in [0.2, 0.25) is 0 Å². The van der Waals surface area contributed by atoms with Crippen LogP contribution in [0, 0.1) is 12.3 Å². The van der Waals surface area contributed by atoms with Gasteiger partial charge in [0.2, 0.25) is 11.8 Å². The molecule has 3 aliphatic rings. The van der Waals surface area contributed by atoms with E-state index in [1.807, 2.05) is 23.2 Å². The number of carbonyl (C=O) groups is 2. The van der Waals surface area contributed by atoms with Gasteiger partial charge in [0.1, 0.15) is 12.4 Å². The van der Waals surface area contributed by atoms with Crippen LogP contribution in [0.25, 0.3) is 0 Å². The van der Waals surface area contributed by atoms with E-state index in [2.05, 4.69) is 46.4 Å². The molecule has 1 atom stereocenters. The SMILES string of the molecule is Cc1ccc(C2CCCN(C(=O)CN3CCC4(CCCCc5ccccc5OCCNC4=O)CC3)C2)nc1. The van der Waals surface area contributed by atoms with Gasteiger partial charge >= 0.3 is 0 Å². The van der Waals surface area contributed by atoms with Crippen molar-refractivity contribution in [2.45, 2.75) is 64.2 Å². The molecule has 1 aromatic carbocycles. The number of para-hydroxylation sites is 1. The van der Waals surface area contributed by atoms with Gasteiger partial charge in [-0.1, -0.05) is 30.7 Å². The number of aryl methyl sites for hydroxylation is 2. The number of fused-ring (bicyclic) bond motifs is 1. The molecule has 3 aliphatic heterocycles. The van der Waals surface area contributed by atoms with E-state index in [9.17, 15) is 9.59 Å². The van der Waals surface area contributed by atoms with Crippen LogP contribution in [0.5, 0.6) is 5.75 Å². The summed E-state index contributed by atoms with van der Waals surface area (Å²) in [5.41, 5.74) is 3.16. The number of nitrogens with one attached hydrogen (secondary N) is 1. The first-order chi connectivity index (χ1) is 18.5. The van der Waals surface area contributed by atoms with Crippen LogP contribution in [-0.4, -0.2) is 72.5 Å². The van der Waals surface area contributed by atoms with Crippen molar-refractivity contribution < 1.29 is 14.3 Å². The summed E-state index contributed by atoms with van der Waals surface area (Å²) in [6.45, 7) is 6.64. The van der Waals surface area contributed by atoms with Gasteiger partial charge in [0.15, 0.2) is 0 Å². The average molecular weight is 519 g/mol. The molecule has 1 spiro atoms. The van der Waals surface area contributed by atoms with Crippen molar-refractivity contribution in [1.82, 2.24) is 20.1 Å². The third kappa shape index (κ3) is 6.37. The van der Waals surface area contributed by atoms with Crippen LogP contribution in [-0.2, 0) is 16.0 Å². The number of ether oxygens (including phenoxy) is 1. The highest BCUT2D eigenvalue weighted by molar-refractivity contribution is 5.83. The first-order valence-corrected chi connectivity index (χ1v) is 14.4. The molecule has 0 saturated carbocycles. The van der Waals surface area contributed by atoms with Crippen LogP contribution in [0.4, 0.5) is 0 Å². The minimum absolute atomic E-state index is 0.158. The van der Waals surface area contributed by atoms with Gasteiger partial charge in [-0.2, -0.15) is 0 Å². The summed E-state index contributed by atoms with van der Waals surface area (Å²) >= 11 is 0. The highest BCUT2D eigenvalue weighted by Gasteiger charge is 2.41. The van der Waals surface area contributed by atoms with Crippen LogP contribution >= 0.6 is 0 Å². The van der Waals surface area contributed by atoms with Gasteiger partial charge in [0.25, 0.3) is 0 Å². The second-order valence-electron chi connectivity index (χ2n) is 11.4. The van der Waals surface area contributed by atoms with Gasteiger partial charge < -0.3 is 15.0 Å². The molecule has 1 N–H and O–H groups in total. The van der Waals surface area contributed by atoms with E-state index in [1.165, 1.54) is 5.56 Å². The predicted octanol–water partition coefficient (Wildman–Crippen LogP) is 4.10. The van der Waals surface area contributed by atoms with Crippen LogP contribution in [0.1, 0.15) is 67.7 Å². The Balaban J connectivity index is 1.14. The zero-order valence-corrected chi connectivity index (χ0v) is 22.8. The summed E-state index contributed by atoms with van der Waals surface area (Å²) in [4.78, 5) is 35.5. The molecular weight excluding hydrogens is 476 g/mol. The smallest absolute Gasteiger partial charge is 0.236 e. The Labute approximate surface area is 226 Å². The fourth-order valence-electron chi connectivity index (χ4n) is 6.33. The zero-order valence-electron chi connectivity index (χ0n) is 22.8. The molecular formula is C31H42N4O3. The van der Waals surface area contributed by atoms with E-state index < -0.39 is 0 Å². The molecule has 0 bridgehead atoms. The Bertz CT molecular complexity index is 1090. The van der Waals surface area contributed by atoms with Gasteiger partial charge in [0.05, 0.1) is 18.5 Å². The third-order valence-electron chi connectivity index (χ3n) is 8.75. The van der Waals surface area contributed by atoms with Crippen LogP contribution in [0.15, 0.2) is 42.6 Å². The summed E-state index contributed by atoms with van der Waals surface area (Å²) < 4.78 is 5.97. The van der Waals surface area contributed by atoms with Gasteiger partial charge in [-0.05, 0) is 88.2 Å². The number of hydrogen-bond donors (Lipinski definition) is 1. The van der Waals surface area contributed by atoms with E-state index in [1.54, 1.807) is 0 Å². The number of nitrogens with zero attached hydrogens (tertiary/aromatic N) is 3. The fraction of sp³-hybridized carbons (Fsp3) is 0.581. The van der Waals surface area contributed by atoms with E-state index in [4.69, 9.17) is 4.74 Å². The summed E-state index contributed by atoms with van der Waals surface area (Å²) in [5.74, 6) is 1.61. The number of amides is 2. The molecule has 1 unspecified atom stereocenters. The maximum atomic E-state index is 13.4. The topological polar surface area (TPSA) is 74.8 Å². The first kappa shape index (κ1) is 26.7. The normalized spacial score (nSPS) is 22.9. The van der Waals surface area contributed by atoms with Gasteiger partial charge in [0, 0.05) is 30.9 Å². The molecule has 1 aromatic heterocycles. The minimum Gasteiger partial charge on any atom is -0.491 e. The first-order valence-electron chi connectivity index (χ1n) is 14.4. The monoisotopic (exact) mass is 518 g/mol. The number of carbonyl (C=O) groups excluding carboxylic acids is 2. The largest absolute Gasteiger partial charge is 0.491 e. The number of pyridine rings is 1. The second kappa shape index (κ2) is 12.3. The lowest BCUT2D eigenvalue weighted by Crippen LogP contribution is -2.52. The van der Waals surface area contributed by atoms with Crippen molar-refractivity contribution in [2.75, 3.05) is 45.9 Å². The molecule has 7 nitrogen and oxygen atoms in total. The number of rotatable bonds is 3. The molecule has 2 saturated heterocycles. The number of piperidine rings is 2. The summed E-state index contributed by atoms with van der Waals surface area (Å²) in [7, 11) is 0. The van der Waals surface area contributed by atoms with Crippen molar-refractivity contribution >= 4 is 11.8 Å². The lowest BCUT2D eigenvalue weighted by atomic mass is 9.73. The molecule has 0 radical (unpaired) electrons. The maximum absolute atomic E-state index is 13.4. The molecule has 4 heterocycles. The molecule has 204 valence electrons. The van der Waals surface area contributed by atoms with E-state index in [-0.39, 0.29) is 17.2 Å². The third-order valence-corrected chi connectivity index (χ3v) is 8.75.